The van der Waals surface area contributed by atoms with E-state index in [2.05, 4.69) is 20.8 Å². The lowest BCUT2D eigenvalue weighted by Crippen LogP contribution is -2.24. The zero-order valence-electron chi connectivity index (χ0n) is 10.2. The molecule has 0 bridgehead atoms. The van der Waals surface area contributed by atoms with Crippen molar-refractivity contribution in [3.05, 3.63) is 29.3 Å². The van der Waals surface area contributed by atoms with Gasteiger partial charge in [0.05, 0.1) is 7.11 Å². The lowest BCUT2D eigenvalue weighted by Gasteiger charge is -2.21. The highest BCUT2D eigenvalue weighted by atomic mass is 16.5. The molecule has 0 aromatic heterocycles. The highest BCUT2D eigenvalue weighted by Crippen LogP contribution is 2.27. The molecule has 0 spiro atoms. The average molecular weight is 221 g/mol. The summed E-state index contributed by atoms with van der Waals surface area (Å²) in [5, 5.41) is 10.6. The molecule has 16 heavy (non-hydrogen) atoms. The third-order valence-corrected chi connectivity index (χ3v) is 2.42. The quantitative estimate of drug-likeness (QED) is 0.772. The largest absolute Gasteiger partial charge is 0.550 e. The van der Waals surface area contributed by atoms with Crippen LogP contribution in [-0.2, 0) is 16.6 Å². The van der Waals surface area contributed by atoms with Crippen molar-refractivity contribution in [3.63, 3.8) is 0 Å². The lowest BCUT2D eigenvalue weighted by molar-refractivity contribution is -0.304. The Morgan fingerprint density at radius 1 is 1.31 bits per heavy atom. The Hall–Kier alpha value is -1.51. The zero-order valence-corrected chi connectivity index (χ0v) is 10.2. The van der Waals surface area contributed by atoms with Gasteiger partial charge in [0, 0.05) is 12.4 Å². The van der Waals surface area contributed by atoms with Crippen molar-refractivity contribution in [2.75, 3.05) is 7.11 Å². The van der Waals surface area contributed by atoms with Crippen LogP contribution >= 0.6 is 0 Å². The van der Waals surface area contributed by atoms with Crippen molar-refractivity contribution in [1.29, 1.82) is 0 Å². The van der Waals surface area contributed by atoms with Gasteiger partial charge in [-0.3, -0.25) is 0 Å². The summed E-state index contributed by atoms with van der Waals surface area (Å²) < 4.78 is 5.16. The number of carboxylic acid groups (broad SMARTS) is 1. The molecule has 0 amide bonds. The van der Waals surface area contributed by atoms with E-state index in [9.17, 15) is 9.90 Å². The molecule has 0 N–H and O–H groups in total. The van der Waals surface area contributed by atoms with Crippen molar-refractivity contribution in [2.24, 2.45) is 0 Å². The minimum absolute atomic E-state index is 0.0325. The van der Waals surface area contributed by atoms with E-state index in [-0.39, 0.29) is 11.8 Å². The van der Waals surface area contributed by atoms with Crippen LogP contribution in [0.1, 0.15) is 31.9 Å². The van der Waals surface area contributed by atoms with Crippen molar-refractivity contribution in [2.45, 2.75) is 32.6 Å². The van der Waals surface area contributed by atoms with Gasteiger partial charge in [-0.15, -0.1) is 0 Å². The molecule has 0 aliphatic rings. The summed E-state index contributed by atoms with van der Waals surface area (Å²) in [6, 6.07) is 5.54. The number of ether oxygens (including phenoxy) is 1. The maximum atomic E-state index is 10.6. The van der Waals surface area contributed by atoms with E-state index in [0.717, 1.165) is 5.56 Å². The Balaban J connectivity index is 3.16. The van der Waals surface area contributed by atoms with Crippen molar-refractivity contribution >= 4 is 5.97 Å². The second-order valence-corrected chi connectivity index (χ2v) is 4.87. The number of hydrogen-bond donors (Lipinski definition) is 0. The predicted molar refractivity (Wildman–Crippen MR) is 60.4 cm³/mol. The highest BCUT2D eigenvalue weighted by molar-refractivity contribution is 5.68. The Kier molecular flexibility index (Phi) is 3.58. The molecule has 0 heterocycles. The summed E-state index contributed by atoms with van der Waals surface area (Å²) in [6.45, 7) is 6.22. The first-order valence-corrected chi connectivity index (χ1v) is 5.21. The van der Waals surface area contributed by atoms with Crippen LogP contribution < -0.4 is 9.84 Å². The maximum absolute atomic E-state index is 10.6. The normalized spacial score (nSPS) is 11.2. The molecule has 0 fully saturated rings. The van der Waals surface area contributed by atoms with Crippen LogP contribution in [0.4, 0.5) is 0 Å². The Morgan fingerprint density at radius 2 is 1.94 bits per heavy atom. The van der Waals surface area contributed by atoms with Gasteiger partial charge in [-0.05, 0) is 28.7 Å². The van der Waals surface area contributed by atoms with Gasteiger partial charge in [-0.1, -0.05) is 26.8 Å². The number of aliphatic carboxylic acids is 1. The summed E-state index contributed by atoms with van der Waals surface area (Å²) in [5.41, 5.74) is 1.74. The number of carbonyl (C=O) groups is 1. The molecule has 0 saturated carbocycles. The summed E-state index contributed by atoms with van der Waals surface area (Å²) in [5.74, 6) is -0.392. The van der Waals surface area contributed by atoms with E-state index in [1.165, 1.54) is 0 Å². The number of carbonyl (C=O) groups excluding carboxylic acids is 1. The molecule has 1 rings (SSSR count). The first-order valence-electron chi connectivity index (χ1n) is 5.21. The molecule has 1 aromatic rings. The van der Waals surface area contributed by atoms with Gasteiger partial charge >= 0.3 is 0 Å². The molecule has 0 radical (unpaired) electrons. The summed E-state index contributed by atoms with van der Waals surface area (Å²) >= 11 is 0. The summed E-state index contributed by atoms with van der Waals surface area (Å²) in [7, 11) is 1.57. The molecule has 3 heteroatoms. The SMILES string of the molecule is COc1cc(CC(=O)[O-])cc(C(C)(C)C)c1. The van der Waals surface area contributed by atoms with Gasteiger partial charge in [0.25, 0.3) is 0 Å². The molecule has 88 valence electrons. The number of carboxylic acids is 1. The van der Waals surface area contributed by atoms with Crippen LogP contribution in [0.25, 0.3) is 0 Å². The van der Waals surface area contributed by atoms with Crippen molar-refractivity contribution < 1.29 is 14.6 Å². The number of methoxy groups -OCH3 is 1. The van der Waals surface area contributed by atoms with Gasteiger partial charge in [0.2, 0.25) is 0 Å². The Labute approximate surface area is 96.1 Å². The molecule has 0 saturated heterocycles. The smallest absolute Gasteiger partial charge is 0.119 e. The maximum Gasteiger partial charge on any atom is 0.119 e. The molecule has 1 aromatic carbocycles. The van der Waals surface area contributed by atoms with Crippen molar-refractivity contribution in [3.8, 4) is 5.75 Å². The van der Waals surface area contributed by atoms with Crippen LogP contribution in [0, 0.1) is 0 Å². The zero-order chi connectivity index (χ0) is 12.3. The number of rotatable bonds is 3. The molecule has 0 unspecified atom stereocenters. The number of benzene rings is 1. The second kappa shape index (κ2) is 4.56. The van der Waals surface area contributed by atoms with Crippen LogP contribution in [0.5, 0.6) is 5.75 Å². The van der Waals surface area contributed by atoms with E-state index < -0.39 is 5.97 Å². The summed E-state index contributed by atoms with van der Waals surface area (Å²) in [4.78, 5) is 10.6. The van der Waals surface area contributed by atoms with Gasteiger partial charge in [0.15, 0.2) is 0 Å². The fraction of sp³-hybridized carbons (Fsp3) is 0.462. The van der Waals surface area contributed by atoms with E-state index in [0.29, 0.717) is 11.3 Å². The van der Waals surface area contributed by atoms with E-state index in [1.807, 2.05) is 12.1 Å². The topological polar surface area (TPSA) is 49.4 Å². The second-order valence-electron chi connectivity index (χ2n) is 4.87. The molecule has 0 atom stereocenters. The van der Waals surface area contributed by atoms with Crippen LogP contribution in [0.15, 0.2) is 18.2 Å². The monoisotopic (exact) mass is 221 g/mol. The van der Waals surface area contributed by atoms with Gasteiger partial charge in [-0.2, -0.15) is 0 Å². The van der Waals surface area contributed by atoms with E-state index in [4.69, 9.17) is 4.74 Å². The number of hydrogen-bond acceptors (Lipinski definition) is 3. The van der Waals surface area contributed by atoms with E-state index >= 15 is 0 Å². The Bertz CT molecular complexity index is 389. The minimum Gasteiger partial charge on any atom is -0.550 e. The van der Waals surface area contributed by atoms with Crippen LogP contribution in [-0.4, -0.2) is 13.1 Å². The fourth-order valence-corrected chi connectivity index (χ4v) is 1.48. The molecule has 0 aliphatic heterocycles. The first kappa shape index (κ1) is 12.6. The molecule has 0 aliphatic carbocycles. The van der Waals surface area contributed by atoms with Crippen LogP contribution in [0.3, 0.4) is 0 Å². The third-order valence-electron chi connectivity index (χ3n) is 2.42. The predicted octanol–water partition coefficient (Wildman–Crippen LogP) is 1.29. The van der Waals surface area contributed by atoms with Crippen LogP contribution in [0.2, 0.25) is 0 Å². The molecule has 3 nitrogen and oxygen atoms in total. The van der Waals surface area contributed by atoms with Gasteiger partial charge < -0.3 is 14.6 Å². The minimum atomic E-state index is -1.08. The van der Waals surface area contributed by atoms with Crippen molar-refractivity contribution in [1.82, 2.24) is 0 Å². The lowest BCUT2D eigenvalue weighted by atomic mass is 9.85. The molecular weight excluding hydrogens is 204 g/mol. The van der Waals surface area contributed by atoms with Gasteiger partial charge in [-0.25, -0.2) is 0 Å². The van der Waals surface area contributed by atoms with Gasteiger partial charge in [0.1, 0.15) is 5.75 Å². The highest BCUT2D eigenvalue weighted by Gasteiger charge is 2.15. The fourth-order valence-electron chi connectivity index (χ4n) is 1.48. The third kappa shape index (κ3) is 3.26. The molecular formula is C13H17O3-. The average Bonchev–Trinajstić information content (AvgIpc) is 2.14. The Morgan fingerprint density at radius 3 is 2.38 bits per heavy atom. The summed E-state index contributed by atoms with van der Waals surface area (Å²) in [6.07, 6.45) is -0.0831. The standard InChI is InChI=1S/C13H18O3/c1-13(2,3)10-5-9(7-12(14)15)6-11(8-10)16-4/h5-6,8H,7H2,1-4H3,(H,14,15)/p-1. The first-order chi connectivity index (χ1) is 7.32. The van der Waals surface area contributed by atoms with E-state index in [1.54, 1.807) is 13.2 Å².